The van der Waals surface area contributed by atoms with E-state index in [2.05, 4.69) is 0 Å². The van der Waals surface area contributed by atoms with E-state index in [-0.39, 0.29) is 18.9 Å². The van der Waals surface area contributed by atoms with E-state index in [1.165, 1.54) is 25.3 Å². The van der Waals surface area contributed by atoms with Crippen LogP contribution >= 0.6 is 0 Å². The molecule has 1 rings (SSSR count). The molecule has 0 aliphatic rings. The zero-order valence-electron chi connectivity index (χ0n) is 8.88. The van der Waals surface area contributed by atoms with Crippen molar-refractivity contribution in [1.82, 2.24) is 0 Å². The van der Waals surface area contributed by atoms with Gasteiger partial charge in [-0.25, -0.2) is 0 Å². The van der Waals surface area contributed by atoms with Crippen LogP contribution in [-0.4, -0.2) is 30.4 Å². The van der Waals surface area contributed by atoms with Crippen LogP contribution in [0.1, 0.15) is 5.56 Å². The molecule has 0 fully saturated rings. The zero-order chi connectivity index (χ0) is 12.0. The SMILES string of the molecule is COCCOc1cc([N+](=O)[O-])ccc1CO. The summed E-state index contributed by atoms with van der Waals surface area (Å²) in [5.74, 6) is 0.314. The molecule has 0 saturated heterocycles. The first-order valence-electron chi connectivity index (χ1n) is 4.69. The lowest BCUT2D eigenvalue weighted by Gasteiger charge is -2.09. The van der Waals surface area contributed by atoms with Gasteiger partial charge in [-0.15, -0.1) is 0 Å². The predicted octanol–water partition coefficient (Wildman–Crippen LogP) is 1.11. The van der Waals surface area contributed by atoms with Gasteiger partial charge in [-0.1, -0.05) is 0 Å². The highest BCUT2D eigenvalue weighted by Crippen LogP contribution is 2.24. The van der Waals surface area contributed by atoms with Crippen molar-refractivity contribution in [2.24, 2.45) is 0 Å². The van der Waals surface area contributed by atoms with Gasteiger partial charge >= 0.3 is 0 Å². The summed E-state index contributed by atoms with van der Waals surface area (Å²) >= 11 is 0. The number of ether oxygens (including phenoxy) is 2. The lowest BCUT2D eigenvalue weighted by molar-refractivity contribution is -0.385. The number of nitro groups is 1. The minimum atomic E-state index is -0.510. The highest BCUT2D eigenvalue weighted by Gasteiger charge is 2.11. The number of nitro benzene ring substituents is 1. The van der Waals surface area contributed by atoms with E-state index >= 15 is 0 Å². The van der Waals surface area contributed by atoms with Crippen molar-refractivity contribution in [2.75, 3.05) is 20.3 Å². The molecule has 1 aromatic carbocycles. The minimum Gasteiger partial charge on any atom is -0.491 e. The molecule has 0 bridgehead atoms. The molecule has 0 atom stereocenters. The second-order valence-electron chi connectivity index (χ2n) is 3.05. The van der Waals surface area contributed by atoms with Crippen LogP contribution in [0.15, 0.2) is 18.2 Å². The molecule has 0 heterocycles. The molecule has 6 heteroatoms. The first kappa shape index (κ1) is 12.4. The molecule has 0 unspecified atom stereocenters. The molecule has 0 amide bonds. The first-order valence-corrected chi connectivity index (χ1v) is 4.69. The lowest BCUT2D eigenvalue weighted by atomic mass is 10.2. The number of hydrogen-bond donors (Lipinski definition) is 1. The largest absolute Gasteiger partial charge is 0.491 e. The fraction of sp³-hybridized carbons (Fsp3) is 0.400. The van der Waals surface area contributed by atoms with E-state index in [1.807, 2.05) is 0 Å². The van der Waals surface area contributed by atoms with Gasteiger partial charge in [-0.05, 0) is 6.07 Å². The molecule has 1 aromatic rings. The summed E-state index contributed by atoms with van der Waals surface area (Å²) in [6.07, 6.45) is 0. The van der Waals surface area contributed by atoms with Crippen LogP contribution in [0.25, 0.3) is 0 Å². The Kier molecular flexibility index (Phi) is 4.68. The van der Waals surface area contributed by atoms with Crippen molar-refractivity contribution in [2.45, 2.75) is 6.61 Å². The lowest BCUT2D eigenvalue weighted by Crippen LogP contribution is -2.06. The van der Waals surface area contributed by atoms with E-state index in [9.17, 15) is 10.1 Å². The minimum absolute atomic E-state index is 0.0652. The Balaban J connectivity index is 2.84. The standard InChI is InChI=1S/C10H13NO5/c1-15-4-5-16-10-6-9(11(13)14)3-2-8(10)7-12/h2-3,6,12H,4-5,7H2,1H3. The normalized spacial score (nSPS) is 10.1. The van der Waals surface area contributed by atoms with Crippen molar-refractivity contribution in [3.8, 4) is 5.75 Å². The third-order valence-electron chi connectivity index (χ3n) is 1.98. The van der Waals surface area contributed by atoms with E-state index in [4.69, 9.17) is 14.6 Å². The second kappa shape index (κ2) is 6.04. The van der Waals surface area contributed by atoms with E-state index in [0.29, 0.717) is 17.9 Å². The Bertz CT molecular complexity index is 366. The molecule has 16 heavy (non-hydrogen) atoms. The Morgan fingerprint density at radius 3 is 2.75 bits per heavy atom. The monoisotopic (exact) mass is 227 g/mol. The third-order valence-corrected chi connectivity index (χ3v) is 1.98. The van der Waals surface area contributed by atoms with Crippen LogP contribution in [-0.2, 0) is 11.3 Å². The van der Waals surface area contributed by atoms with E-state index < -0.39 is 4.92 Å². The van der Waals surface area contributed by atoms with Gasteiger partial charge in [0.2, 0.25) is 0 Å². The molecule has 0 spiro atoms. The van der Waals surface area contributed by atoms with Gasteiger partial charge in [0.15, 0.2) is 0 Å². The van der Waals surface area contributed by atoms with Gasteiger partial charge in [-0.3, -0.25) is 10.1 Å². The van der Waals surface area contributed by atoms with Gasteiger partial charge in [0.25, 0.3) is 5.69 Å². The number of benzene rings is 1. The summed E-state index contributed by atoms with van der Waals surface area (Å²) in [5, 5.41) is 19.6. The molecule has 1 N–H and O–H groups in total. The summed E-state index contributed by atoms with van der Waals surface area (Å²) in [6.45, 7) is 0.443. The number of methoxy groups -OCH3 is 1. The predicted molar refractivity (Wildman–Crippen MR) is 56.4 cm³/mol. The van der Waals surface area contributed by atoms with Gasteiger partial charge in [0, 0.05) is 18.7 Å². The fourth-order valence-corrected chi connectivity index (χ4v) is 1.16. The zero-order valence-corrected chi connectivity index (χ0v) is 8.88. The van der Waals surface area contributed by atoms with Gasteiger partial charge in [0.05, 0.1) is 24.2 Å². The van der Waals surface area contributed by atoms with Gasteiger partial charge in [-0.2, -0.15) is 0 Å². The maximum atomic E-state index is 10.5. The molecular weight excluding hydrogens is 214 g/mol. The average Bonchev–Trinajstić information content (AvgIpc) is 2.29. The molecule has 6 nitrogen and oxygen atoms in total. The van der Waals surface area contributed by atoms with Crippen molar-refractivity contribution in [1.29, 1.82) is 0 Å². The number of aliphatic hydroxyl groups is 1. The van der Waals surface area contributed by atoms with Crippen LogP contribution in [0.2, 0.25) is 0 Å². The molecule has 0 aliphatic heterocycles. The molecule has 0 saturated carbocycles. The number of nitrogens with zero attached hydrogens (tertiary/aromatic N) is 1. The fourth-order valence-electron chi connectivity index (χ4n) is 1.16. The maximum absolute atomic E-state index is 10.5. The molecular formula is C10H13NO5. The smallest absolute Gasteiger partial charge is 0.273 e. The topological polar surface area (TPSA) is 81.8 Å². The first-order chi connectivity index (χ1) is 7.69. The number of aliphatic hydroxyl groups excluding tert-OH is 1. The van der Waals surface area contributed by atoms with Crippen LogP contribution in [0.4, 0.5) is 5.69 Å². The Morgan fingerprint density at radius 1 is 1.44 bits per heavy atom. The van der Waals surface area contributed by atoms with Crippen LogP contribution in [0, 0.1) is 10.1 Å². The summed E-state index contributed by atoms with van der Waals surface area (Å²) in [6, 6.07) is 4.09. The quantitative estimate of drug-likeness (QED) is 0.447. The van der Waals surface area contributed by atoms with Crippen molar-refractivity contribution in [3.05, 3.63) is 33.9 Å². The molecule has 0 aromatic heterocycles. The Hall–Kier alpha value is -1.66. The summed E-state index contributed by atoms with van der Waals surface area (Å²) in [5.41, 5.74) is 0.450. The van der Waals surface area contributed by atoms with E-state index in [1.54, 1.807) is 0 Å². The third kappa shape index (κ3) is 3.18. The summed E-state index contributed by atoms with van der Waals surface area (Å²) in [7, 11) is 1.53. The van der Waals surface area contributed by atoms with Crippen LogP contribution in [0.5, 0.6) is 5.75 Å². The Labute approximate surface area is 92.6 Å². The molecule has 88 valence electrons. The molecule has 0 radical (unpaired) electrons. The Morgan fingerprint density at radius 2 is 2.19 bits per heavy atom. The van der Waals surface area contributed by atoms with E-state index in [0.717, 1.165) is 0 Å². The number of non-ortho nitro benzene ring substituents is 1. The molecule has 0 aliphatic carbocycles. The van der Waals surface area contributed by atoms with Crippen LogP contribution in [0.3, 0.4) is 0 Å². The highest BCUT2D eigenvalue weighted by molar-refractivity contribution is 5.44. The second-order valence-corrected chi connectivity index (χ2v) is 3.05. The van der Waals surface area contributed by atoms with Crippen LogP contribution < -0.4 is 4.74 Å². The van der Waals surface area contributed by atoms with Crippen molar-refractivity contribution in [3.63, 3.8) is 0 Å². The number of hydrogen-bond acceptors (Lipinski definition) is 5. The highest BCUT2D eigenvalue weighted by atomic mass is 16.6. The maximum Gasteiger partial charge on any atom is 0.273 e. The summed E-state index contributed by atoms with van der Waals surface area (Å²) in [4.78, 5) is 10.0. The van der Waals surface area contributed by atoms with Gasteiger partial charge in [0.1, 0.15) is 12.4 Å². The van der Waals surface area contributed by atoms with Crippen molar-refractivity contribution < 1.29 is 19.5 Å². The van der Waals surface area contributed by atoms with Crippen molar-refractivity contribution >= 4 is 5.69 Å². The number of rotatable bonds is 6. The average molecular weight is 227 g/mol. The summed E-state index contributed by atoms with van der Waals surface area (Å²) < 4.78 is 10.1. The van der Waals surface area contributed by atoms with Gasteiger partial charge < -0.3 is 14.6 Å².